The van der Waals surface area contributed by atoms with E-state index in [0.29, 0.717) is 18.7 Å². The second-order valence-electron chi connectivity index (χ2n) is 6.76. The molecule has 1 saturated heterocycles. The van der Waals surface area contributed by atoms with E-state index >= 15 is 0 Å². The molecule has 4 nitrogen and oxygen atoms in total. The summed E-state index contributed by atoms with van der Waals surface area (Å²) in [4.78, 5) is 12.6. The fourth-order valence-electron chi connectivity index (χ4n) is 3.80. The van der Waals surface area contributed by atoms with E-state index in [1.54, 1.807) is 0 Å². The zero-order valence-electron chi connectivity index (χ0n) is 13.8. The van der Waals surface area contributed by atoms with Crippen LogP contribution in [0.4, 0.5) is 0 Å². The molecule has 4 rings (SSSR count). The van der Waals surface area contributed by atoms with E-state index in [1.165, 1.54) is 6.42 Å². The van der Waals surface area contributed by atoms with Crippen LogP contribution in [0.25, 0.3) is 10.8 Å². The number of fused-ring (bicyclic) bond motifs is 1. The minimum Gasteiger partial charge on any atom is -0.349 e. The summed E-state index contributed by atoms with van der Waals surface area (Å²) in [5.41, 5.74) is 0.708. The van der Waals surface area contributed by atoms with Crippen LogP contribution in [-0.2, 0) is 9.47 Å². The van der Waals surface area contributed by atoms with Crippen molar-refractivity contribution in [2.24, 2.45) is 0 Å². The first-order valence-electron chi connectivity index (χ1n) is 8.84. The van der Waals surface area contributed by atoms with E-state index in [-0.39, 0.29) is 17.8 Å². The zero-order valence-corrected chi connectivity index (χ0v) is 13.8. The van der Waals surface area contributed by atoms with Crippen molar-refractivity contribution in [2.75, 3.05) is 13.2 Å². The smallest absolute Gasteiger partial charge is 0.252 e. The Bertz CT molecular complexity index is 731. The van der Waals surface area contributed by atoms with Crippen molar-refractivity contribution < 1.29 is 14.3 Å². The minimum atomic E-state index is -0.382. The number of benzene rings is 2. The number of nitrogens with one attached hydrogen (secondary N) is 1. The highest BCUT2D eigenvalue weighted by Gasteiger charge is 2.42. The van der Waals surface area contributed by atoms with Crippen LogP contribution in [-0.4, -0.2) is 30.9 Å². The zero-order chi connectivity index (χ0) is 16.4. The van der Waals surface area contributed by atoms with Gasteiger partial charge in [0.05, 0.1) is 6.61 Å². The van der Waals surface area contributed by atoms with Gasteiger partial charge in [0.15, 0.2) is 5.79 Å². The quantitative estimate of drug-likeness (QED) is 0.937. The molecule has 1 aliphatic heterocycles. The molecular weight excluding hydrogens is 302 g/mol. The van der Waals surface area contributed by atoms with Crippen LogP contribution in [0.2, 0.25) is 0 Å². The van der Waals surface area contributed by atoms with Crippen LogP contribution in [0, 0.1) is 0 Å². The summed E-state index contributed by atoms with van der Waals surface area (Å²) in [6.07, 6.45) is 5.48. The highest BCUT2D eigenvalue weighted by molar-refractivity contribution is 6.06. The Balaban J connectivity index is 1.40. The van der Waals surface area contributed by atoms with Gasteiger partial charge in [0, 0.05) is 24.9 Å². The van der Waals surface area contributed by atoms with E-state index in [9.17, 15) is 4.79 Å². The predicted molar refractivity (Wildman–Crippen MR) is 92.9 cm³/mol. The van der Waals surface area contributed by atoms with Crippen LogP contribution in [0.3, 0.4) is 0 Å². The number of rotatable bonds is 3. The largest absolute Gasteiger partial charge is 0.349 e. The summed E-state index contributed by atoms with van der Waals surface area (Å²) in [6.45, 7) is 1.06. The molecule has 126 valence electrons. The maximum Gasteiger partial charge on any atom is 0.252 e. The first-order chi connectivity index (χ1) is 11.8. The molecule has 1 unspecified atom stereocenters. The molecule has 4 heteroatoms. The normalized spacial score (nSPS) is 22.8. The molecule has 24 heavy (non-hydrogen) atoms. The van der Waals surface area contributed by atoms with Crippen LogP contribution in [0.1, 0.15) is 42.5 Å². The number of amides is 1. The van der Waals surface area contributed by atoms with Crippen LogP contribution < -0.4 is 5.32 Å². The third-order valence-corrected chi connectivity index (χ3v) is 5.05. The Labute approximate surface area is 142 Å². The van der Waals surface area contributed by atoms with Crippen molar-refractivity contribution in [3.8, 4) is 0 Å². The van der Waals surface area contributed by atoms with Crippen molar-refractivity contribution >= 4 is 16.7 Å². The summed E-state index contributed by atoms with van der Waals surface area (Å²) in [5.74, 6) is -0.437. The lowest BCUT2D eigenvalue weighted by Gasteiger charge is -2.31. The van der Waals surface area contributed by atoms with Gasteiger partial charge in [-0.15, -0.1) is 0 Å². The maximum absolute atomic E-state index is 12.6. The van der Waals surface area contributed by atoms with Gasteiger partial charge < -0.3 is 14.8 Å². The standard InChI is InChI=1S/C20H23NO3/c22-19(18-10-6-8-15-7-2-3-9-17(15)18)21-13-16-14-23-20(24-16)11-4-1-5-12-20/h2-3,6-10,16H,1,4-5,11-14H2,(H,21,22). The molecule has 1 aliphatic carbocycles. The summed E-state index contributed by atoms with van der Waals surface area (Å²) < 4.78 is 12.1. The average molecular weight is 325 g/mol. The number of hydrogen-bond acceptors (Lipinski definition) is 3. The summed E-state index contributed by atoms with van der Waals surface area (Å²) in [6, 6.07) is 13.8. The number of carbonyl (C=O) groups excluding carboxylic acids is 1. The van der Waals surface area contributed by atoms with Crippen LogP contribution in [0.15, 0.2) is 42.5 Å². The monoisotopic (exact) mass is 325 g/mol. The van der Waals surface area contributed by atoms with E-state index in [2.05, 4.69) is 5.32 Å². The van der Waals surface area contributed by atoms with E-state index in [1.807, 2.05) is 42.5 Å². The summed E-state index contributed by atoms with van der Waals surface area (Å²) in [7, 11) is 0. The molecule has 1 N–H and O–H groups in total. The third-order valence-electron chi connectivity index (χ3n) is 5.05. The van der Waals surface area contributed by atoms with E-state index in [4.69, 9.17) is 9.47 Å². The molecule has 1 spiro atoms. The molecule has 2 fully saturated rings. The second kappa shape index (κ2) is 6.54. The van der Waals surface area contributed by atoms with Crippen molar-refractivity contribution in [1.82, 2.24) is 5.32 Å². The van der Waals surface area contributed by atoms with E-state index < -0.39 is 0 Å². The molecule has 1 saturated carbocycles. The van der Waals surface area contributed by atoms with Gasteiger partial charge >= 0.3 is 0 Å². The number of ether oxygens (including phenoxy) is 2. The molecule has 1 amide bonds. The number of carbonyl (C=O) groups is 1. The average Bonchev–Trinajstić information content (AvgIpc) is 3.02. The second-order valence-corrected chi connectivity index (χ2v) is 6.76. The Morgan fingerprint density at radius 1 is 1.08 bits per heavy atom. The molecule has 2 aliphatic rings. The van der Waals surface area contributed by atoms with Gasteiger partial charge in [-0.1, -0.05) is 42.8 Å². The molecule has 2 aromatic carbocycles. The fraction of sp³-hybridized carbons (Fsp3) is 0.450. The Hall–Kier alpha value is -1.91. The van der Waals surface area contributed by atoms with Gasteiger partial charge in [-0.25, -0.2) is 0 Å². The van der Waals surface area contributed by atoms with Gasteiger partial charge in [-0.2, -0.15) is 0 Å². The van der Waals surface area contributed by atoms with Crippen molar-refractivity contribution in [3.05, 3.63) is 48.0 Å². The number of hydrogen-bond donors (Lipinski definition) is 1. The van der Waals surface area contributed by atoms with Crippen LogP contribution >= 0.6 is 0 Å². The van der Waals surface area contributed by atoms with Gasteiger partial charge in [0.25, 0.3) is 5.91 Å². The Morgan fingerprint density at radius 3 is 2.75 bits per heavy atom. The lowest BCUT2D eigenvalue weighted by molar-refractivity contribution is -0.186. The molecular formula is C20H23NO3. The Morgan fingerprint density at radius 2 is 1.88 bits per heavy atom. The predicted octanol–water partition coefficient (Wildman–Crippen LogP) is 3.65. The maximum atomic E-state index is 12.6. The highest BCUT2D eigenvalue weighted by Crippen LogP contribution is 2.37. The van der Waals surface area contributed by atoms with Gasteiger partial charge in [-0.3, -0.25) is 4.79 Å². The molecule has 1 heterocycles. The van der Waals surface area contributed by atoms with E-state index in [0.717, 1.165) is 36.5 Å². The van der Waals surface area contributed by atoms with Crippen LogP contribution in [0.5, 0.6) is 0 Å². The summed E-state index contributed by atoms with van der Waals surface area (Å²) >= 11 is 0. The molecule has 2 aromatic rings. The van der Waals surface area contributed by atoms with Crippen molar-refractivity contribution in [2.45, 2.75) is 44.0 Å². The van der Waals surface area contributed by atoms with Gasteiger partial charge in [-0.05, 0) is 29.7 Å². The third kappa shape index (κ3) is 3.04. The molecule has 0 aromatic heterocycles. The minimum absolute atomic E-state index is 0.0537. The molecule has 1 atom stereocenters. The van der Waals surface area contributed by atoms with Crippen molar-refractivity contribution in [3.63, 3.8) is 0 Å². The lowest BCUT2D eigenvalue weighted by atomic mass is 9.94. The fourth-order valence-corrected chi connectivity index (χ4v) is 3.80. The first-order valence-corrected chi connectivity index (χ1v) is 8.84. The molecule has 0 bridgehead atoms. The first kappa shape index (κ1) is 15.6. The highest BCUT2D eigenvalue weighted by atomic mass is 16.7. The Kier molecular flexibility index (Phi) is 4.25. The topological polar surface area (TPSA) is 47.6 Å². The van der Waals surface area contributed by atoms with Gasteiger partial charge in [0.2, 0.25) is 0 Å². The van der Waals surface area contributed by atoms with Gasteiger partial charge in [0.1, 0.15) is 6.10 Å². The summed E-state index contributed by atoms with van der Waals surface area (Å²) in [5, 5.41) is 5.06. The van der Waals surface area contributed by atoms with Crippen molar-refractivity contribution in [1.29, 1.82) is 0 Å². The lowest BCUT2D eigenvalue weighted by Crippen LogP contribution is -2.37. The SMILES string of the molecule is O=C(NCC1COC2(CCCCC2)O1)c1cccc2ccccc12. The molecule has 0 radical (unpaired) electrons.